The zero-order valence-corrected chi connectivity index (χ0v) is 7.77. The lowest BCUT2D eigenvalue weighted by atomic mass is 10.1. The molecule has 0 aliphatic carbocycles. The van der Waals surface area contributed by atoms with Crippen molar-refractivity contribution >= 4 is 23.3 Å². The van der Waals surface area contributed by atoms with E-state index in [4.69, 9.17) is 0 Å². The van der Waals surface area contributed by atoms with E-state index in [1.54, 1.807) is 6.26 Å². The van der Waals surface area contributed by atoms with Crippen LogP contribution in [0.4, 0.5) is 0 Å². The Bertz CT molecular complexity index is 147. The van der Waals surface area contributed by atoms with E-state index in [0.29, 0.717) is 6.41 Å². The first-order valence-corrected chi connectivity index (χ1v) is 4.63. The SMILES string of the molecule is CSC(=O)[C@@H](NC=O)C(C)C. The van der Waals surface area contributed by atoms with Gasteiger partial charge in [0.1, 0.15) is 0 Å². The fraction of sp³-hybridized carbons (Fsp3) is 0.714. The van der Waals surface area contributed by atoms with Crippen LogP contribution in [-0.2, 0) is 9.59 Å². The van der Waals surface area contributed by atoms with Gasteiger partial charge in [-0.25, -0.2) is 0 Å². The van der Waals surface area contributed by atoms with Crippen LogP contribution in [0, 0.1) is 5.92 Å². The molecule has 64 valence electrons. The molecule has 0 saturated heterocycles. The quantitative estimate of drug-likeness (QED) is 0.638. The van der Waals surface area contributed by atoms with Crippen molar-refractivity contribution in [2.24, 2.45) is 5.92 Å². The third kappa shape index (κ3) is 3.41. The highest BCUT2D eigenvalue weighted by Crippen LogP contribution is 2.08. The number of hydrogen-bond acceptors (Lipinski definition) is 3. The summed E-state index contributed by atoms with van der Waals surface area (Å²) in [6, 6.07) is -0.345. The topological polar surface area (TPSA) is 46.2 Å². The number of amides is 1. The molecule has 4 heteroatoms. The third-order valence-corrected chi connectivity index (χ3v) is 2.03. The van der Waals surface area contributed by atoms with E-state index in [2.05, 4.69) is 5.32 Å². The van der Waals surface area contributed by atoms with E-state index in [1.807, 2.05) is 13.8 Å². The van der Waals surface area contributed by atoms with Gasteiger partial charge < -0.3 is 5.32 Å². The molecule has 3 nitrogen and oxygen atoms in total. The lowest BCUT2D eigenvalue weighted by Gasteiger charge is -2.16. The molecule has 0 aromatic rings. The van der Waals surface area contributed by atoms with Crippen LogP contribution >= 0.6 is 11.8 Å². The molecule has 0 heterocycles. The Morgan fingerprint density at radius 1 is 1.55 bits per heavy atom. The largest absolute Gasteiger partial charge is 0.348 e. The van der Waals surface area contributed by atoms with Gasteiger partial charge in [-0.1, -0.05) is 25.6 Å². The second kappa shape index (κ2) is 5.18. The van der Waals surface area contributed by atoms with E-state index in [1.165, 1.54) is 0 Å². The molecule has 0 bridgehead atoms. The Labute approximate surface area is 70.9 Å². The van der Waals surface area contributed by atoms with Crippen LogP contribution < -0.4 is 5.32 Å². The lowest BCUT2D eigenvalue weighted by Crippen LogP contribution is -2.38. The average molecular weight is 175 g/mol. The average Bonchev–Trinajstić information content (AvgIpc) is 1.98. The van der Waals surface area contributed by atoms with Crippen molar-refractivity contribution in [3.63, 3.8) is 0 Å². The molecule has 1 amide bonds. The third-order valence-electron chi connectivity index (χ3n) is 1.37. The summed E-state index contributed by atoms with van der Waals surface area (Å²) in [5.41, 5.74) is 0. The predicted molar refractivity (Wildman–Crippen MR) is 46.3 cm³/mol. The number of rotatable bonds is 4. The van der Waals surface area contributed by atoms with E-state index in [-0.39, 0.29) is 17.1 Å². The zero-order valence-electron chi connectivity index (χ0n) is 6.96. The summed E-state index contributed by atoms with van der Waals surface area (Å²) in [5, 5.41) is 2.49. The fourth-order valence-electron chi connectivity index (χ4n) is 0.733. The maximum absolute atomic E-state index is 11.1. The number of nitrogens with one attached hydrogen (secondary N) is 1. The first kappa shape index (κ1) is 10.5. The van der Waals surface area contributed by atoms with E-state index < -0.39 is 0 Å². The highest BCUT2D eigenvalue weighted by Gasteiger charge is 2.19. The summed E-state index contributed by atoms with van der Waals surface area (Å²) in [4.78, 5) is 21.2. The summed E-state index contributed by atoms with van der Waals surface area (Å²) in [7, 11) is 0. The van der Waals surface area contributed by atoms with Gasteiger partial charge in [-0.05, 0) is 12.2 Å². The standard InChI is InChI=1S/C7H13NO2S/c1-5(2)6(8-4-9)7(10)11-3/h4-6H,1-3H3,(H,8,9)/t6-/m0/s1. The monoisotopic (exact) mass is 175 g/mol. The van der Waals surface area contributed by atoms with Gasteiger partial charge in [-0.15, -0.1) is 0 Å². The zero-order chi connectivity index (χ0) is 8.85. The van der Waals surface area contributed by atoms with E-state index >= 15 is 0 Å². The molecule has 0 radical (unpaired) electrons. The first-order chi connectivity index (χ1) is 5.13. The van der Waals surface area contributed by atoms with Crippen molar-refractivity contribution in [2.45, 2.75) is 19.9 Å². The predicted octanol–water partition coefficient (Wildman–Crippen LogP) is 0.647. The molecule has 0 spiro atoms. The maximum Gasteiger partial charge on any atom is 0.211 e. The Hall–Kier alpha value is -0.510. The van der Waals surface area contributed by atoms with Crippen LogP contribution in [0.25, 0.3) is 0 Å². The van der Waals surface area contributed by atoms with Crippen molar-refractivity contribution in [3.8, 4) is 0 Å². The van der Waals surface area contributed by atoms with Gasteiger partial charge in [0, 0.05) is 0 Å². The van der Waals surface area contributed by atoms with Crippen molar-refractivity contribution in [3.05, 3.63) is 0 Å². The van der Waals surface area contributed by atoms with Gasteiger partial charge in [0.2, 0.25) is 11.5 Å². The van der Waals surface area contributed by atoms with Crippen molar-refractivity contribution < 1.29 is 9.59 Å². The maximum atomic E-state index is 11.1. The van der Waals surface area contributed by atoms with Crippen LogP contribution in [0.3, 0.4) is 0 Å². The molecular formula is C7H13NO2S. The van der Waals surface area contributed by atoms with E-state index in [9.17, 15) is 9.59 Å². The van der Waals surface area contributed by atoms with Gasteiger partial charge in [0.15, 0.2) is 0 Å². The van der Waals surface area contributed by atoms with Crippen LogP contribution in [0.1, 0.15) is 13.8 Å². The highest BCUT2D eigenvalue weighted by molar-refractivity contribution is 8.13. The number of hydrogen-bond donors (Lipinski definition) is 1. The van der Waals surface area contributed by atoms with Crippen LogP contribution in [0.2, 0.25) is 0 Å². The fourth-order valence-corrected chi connectivity index (χ4v) is 1.33. The molecule has 0 saturated carbocycles. The molecule has 0 fully saturated rings. The second-order valence-corrected chi connectivity index (χ2v) is 3.34. The molecule has 0 aliphatic rings. The van der Waals surface area contributed by atoms with Gasteiger partial charge in [-0.2, -0.15) is 0 Å². The Morgan fingerprint density at radius 2 is 2.09 bits per heavy atom. The van der Waals surface area contributed by atoms with Gasteiger partial charge in [0.25, 0.3) is 0 Å². The minimum atomic E-state index is -0.345. The Balaban J connectivity index is 4.08. The molecule has 0 aliphatic heterocycles. The summed E-state index contributed by atoms with van der Waals surface area (Å²) >= 11 is 1.14. The summed E-state index contributed by atoms with van der Waals surface area (Å²) in [5.74, 6) is 0.153. The number of carbonyl (C=O) groups excluding carboxylic acids is 2. The van der Waals surface area contributed by atoms with Crippen LogP contribution in [-0.4, -0.2) is 23.8 Å². The molecule has 1 atom stereocenters. The van der Waals surface area contributed by atoms with Crippen molar-refractivity contribution in [1.82, 2.24) is 5.32 Å². The van der Waals surface area contributed by atoms with Gasteiger partial charge in [-0.3, -0.25) is 9.59 Å². The van der Waals surface area contributed by atoms with Crippen LogP contribution in [0.5, 0.6) is 0 Å². The second-order valence-electron chi connectivity index (χ2n) is 2.53. The molecular weight excluding hydrogens is 162 g/mol. The molecule has 0 rings (SSSR count). The lowest BCUT2D eigenvalue weighted by molar-refractivity contribution is -0.118. The molecule has 0 aromatic carbocycles. The van der Waals surface area contributed by atoms with Gasteiger partial charge >= 0.3 is 0 Å². The van der Waals surface area contributed by atoms with Crippen LogP contribution in [0.15, 0.2) is 0 Å². The molecule has 0 aromatic heterocycles. The number of carbonyl (C=O) groups is 2. The van der Waals surface area contributed by atoms with Crippen molar-refractivity contribution in [2.75, 3.05) is 6.26 Å². The Kier molecular flexibility index (Phi) is 4.94. The van der Waals surface area contributed by atoms with Gasteiger partial charge in [0.05, 0.1) is 6.04 Å². The normalized spacial score (nSPS) is 12.7. The smallest absolute Gasteiger partial charge is 0.211 e. The molecule has 0 unspecified atom stereocenters. The minimum Gasteiger partial charge on any atom is -0.348 e. The minimum absolute atomic E-state index is 0.00657. The van der Waals surface area contributed by atoms with E-state index in [0.717, 1.165) is 11.8 Å². The van der Waals surface area contributed by atoms with Crippen molar-refractivity contribution in [1.29, 1.82) is 0 Å². The molecule has 11 heavy (non-hydrogen) atoms. The summed E-state index contributed by atoms with van der Waals surface area (Å²) in [6.45, 7) is 3.80. The number of thioether (sulfide) groups is 1. The first-order valence-electron chi connectivity index (χ1n) is 3.41. The molecule has 1 N–H and O–H groups in total. The highest BCUT2D eigenvalue weighted by atomic mass is 32.2. The summed E-state index contributed by atoms with van der Waals surface area (Å²) in [6.07, 6.45) is 2.28. The summed E-state index contributed by atoms with van der Waals surface area (Å²) < 4.78 is 0. The Morgan fingerprint density at radius 3 is 2.36 bits per heavy atom.